The van der Waals surface area contributed by atoms with E-state index in [0.717, 1.165) is 25.1 Å². The summed E-state index contributed by atoms with van der Waals surface area (Å²) < 4.78 is 8.23. The molecule has 206 valence electrons. The fourth-order valence-electron chi connectivity index (χ4n) is 4.58. The quantitative estimate of drug-likeness (QED) is 0.125. The molecule has 3 aromatic rings. The number of aryl methyl sites for hydroxylation is 1. The molecule has 3 rings (SSSR count). The van der Waals surface area contributed by atoms with Gasteiger partial charge in [-0.15, -0.1) is 0 Å². The number of carbonyl (C=O) groups is 1. The van der Waals surface area contributed by atoms with E-state index < -0.39 is 0 Å². The molecular formula is C32H44ClN2O2S+. The highest BCUT2D eigenvalue weighted by molar-refractivity contribution is 7.09. The number of aromatic nitrogens is 1. The zero-order valence-electron chi connectivity index (χ0n) is 23.1. The summed E-state index contributed by atoms with van der Waals surface area (Å²) >= 11 is 8.16. The van der Waals surface area contributed by atoms with Gasteiger partial charge in [-0.25, -0.2) is 0 Å². The maximum absolute atomic E-state index is 13.1. The van der Waals surface area contributed by atoms with Crippen molar-refractivity contribution in [3.63, 3.8) is 0 Å². The summed E-state index contributed by atoms with van der Waals surface area (Å²) in [7, 11) is 0. The Bertz CT molecular complexity index is 1100. The number of ether oxygens (including phenoxy) is 1. The van der Waals surface area contributed by atoms with Crippen LogP contribution in [0.3, 0.4) is 0 Å². The van der Waals surface area contributed by atoms with Crippen molar-refractivity contribution in [3.8, 4) is 5.75 Å². The first-order valence-electron chi connectivity index (χ1n) is 14.3. The van der Waals surface area contributed by atoms with Crippen LogP contribution < -0.4 is 14.6 Å². The van der Waals surface area contributed by atoms with E-state index in [4.69, 9.17) is 16.3 Å². The molecule has 38 heavy (non-hydrogen) atoms. The van der Waals surface area contributed by atoms with E-state index in [9.17, 15) is 4.79 Å². The zero-order valence-corrected chi connectivity index (χ0v) is 24.7. The van der Waals surface area contributed by atoms with Crippen molar-refractivity contribution in [3.05, 3.63) is 75.2 Å². The molecule has 0 aliphatic carbocycles. The predicted octanol–water partition coefficient (Wildman–Crippen LogP) is 9.38. The van der Waals surface area contributed by atoms with Crippen LogP contribution in [0.15, 0.2) is 54.0 Å². The molecule has 0 saturated carbocycles. The minimum absolute atomic E-state index is 0.215. The summed E-state index contributed by atoms with van der Waals surface area (Å²) in [6.07, 6.45) is 17.7. The van der Waals surface area contributed by atoms with Crippen LogP contribution in [-0.2, 0) is 6.54 Å². The minimum Gasteiger partial charge on any atom is -0.491 e. The van der Waals surface area contributed by atoms with Crippen LogP contribution in [0.5, 0.6) is 5.75 Å². The van der Waals surface area contributed by atoms with E-state index in [-0.39, 0.29) is 5.91 Å². The number of nitrogens with zero attached hydrogens (tertiary/aromatic N) is 1. The molecule has 0 radical (unpaired) electrons. The Kier molecular flexibility index (Phi) is 13.7. The van der Waals surface area contributed by atoms with Gasteiger partial charge in [-0.3, -0.25) is 4.79 Å². The van der Waals surface area contributed by atoms with Crippen molar-refractivity contribution in [1.82, 2.24) is 0 Å². The maximum Gasteiger partial charge on any atom is 0.259 e. The van der Waals surface area contributed by atoms with E-state index in [1.165, 1.54) is 74.8 Å². The maximum atomic E-state index is 13.1. The van der Waals surface area contributed by atoms with E-state index in [1.807, 2.05) is 24.3 Å². The molecule has 1 aromatic heterocycles. The molecule has 0 fully saturated rings. The molecule has 0 spiro atoms. The van der Waals surface area contributed by atoms with Crippen LogP contribution >= 0.6 is 22.9 Å². The van der Waals surface area contributed by atoms with Gasteiger partial charge in [-0.1, -0.05) is 119 Å². The second kappa shape index (κ2) is 17.3. The van der Waals surface area contributed by atoms with Gasteiger partial charge in [0.15, 0.2) is 18.5 Å². The Labute approximate surface area is 238 Å². The van der Waals surface area contributed by atoms with Crippen LogP contribution in [0.4, 0.5) is 5.69 Å². The molecule has 0 atom stereocenters. The van der Waals surface area contributed by atoms with Crippen LogP contribution in [-0.4, -0.2) is 12.5 Å². The summed E-state index contributed by atoms with van der Waals surface area (Å²) in [5.41, 5.74) is 2.39. The monoisotopic (exact) mass is 555 g/mol. The molecule has 1 heterocycles. The van der Waals surface area contributed by atoms with Crippen molar-refractivity contribution in [2.45, 2.75) is 97.4 Å². The van der Waals surface area contributed by atoms with Crippen LogP contribution in [0.2, 0.25) is 5.02 Å². The van der Waals surface area contributed by atoms with Gasteiger partial charge in [0, 0.05) is 18.2 Å². The van der Waals surface area contributed by atoms with Gasteiger partial charge in [0.1, 0.15) is 0 Å². The average molecular weight is 556 g/mol. The molecule has 6 heteroatoms. The smallest absolute Gasteiger partial charge is 0.259 e. The Morgan fingerprint density at radius 3 is 2.13 bits per heavy atom. The van der Waals surface area contributed by atoms with Gasteiger partial charge < -0.3 is 10.1 Å². The Morgan fingerprint density at radius 1 is 0.895 bits per heavy atom. The number of halogens is 1. The molecule has 1 amide bonds. The second-order valence-electron chi connectivity index (χ2n) is 10.1. The van der Waals surface area contributed by atoms with Crippen molar-refractivity contribution in [2.24, 2.45) is 0 Å². The third-order valence-electron chi connectivity index (χ3n) is 6.90. The number of anilines is 1. The lowest BCUT2D eigenvalue weighted by molar-refractivity contribution is -0.689. The summed E-state index contributed by atoms with van der Waals surface area (Å²) in [5.74, 6) is 0.253. The molecule has 0 bridgehead atoms. The third-order valence-corrected chi connectivity index (χ3v) is 8.04. The van der Waals surface area contributed by atoms with Crippen LogP contribution in [0.25, 0.3) is 0 Å². The standard InChI is InChI=1S/C32H43ClN2O2S/c1-3-4-5-6-7-8-9-10-11-12-13-14-23-37-31-29(16-15-17-30(31)33)32(36)34-28-20-18-27(19-21-28)25-35-22-24-38-26(35)2/h15-22,24H,3-14,23,25H2,1-2H3/p+1. The highest BCUT2D eigenvalue weighted by Crippen LogP contribution is 2.30. The number of unbranched alkanes of at least 4 members (excludes halogenated alkanes) is 11. The lowest BCUT2D eigenvalue weighted by Gasteiger charge is -2.13. The molecule has 0 aliphatic rings. The lowest BCUT2D eigenvalue weighted by Crippen LogP contribution is -2.34. The first-order chi connectivity index (χ1) is 18.6. The Morgan fingerprint density at radius 2 is 1.53 bits per heavy atom. The van der Waals surface area contributed by atoms with Gasteiger partial charge in [-0.05, 0) is 30.7 Å². The molecule has 4 nitrogen and oxygen atoms in total. The first kappa shape index (κ1) is 30.2. The number of rotatable bonds is 18. The minimum atomic E-state index is -0.215. The second-order valence-corrected chi connectivity index (χ2v) is 11.6. The molecule has 1 N–H and O–H groups in total. The van der Waals surface area contributed by atoms with Gasteiger partial charge in [0.05, 0.1) is 22.6 Å². The Balaban J connectivity index is 1.38. The van der Waals surface area contributed by atoms with Gasteiger partial charge >= 0.3 is 0 Å². The Hall–Kier alpha value is -2.37. The van der Waals surface area contributed by atoms with Crippen LogP contribution in [0, 0.1) is 6.92 Å². The van der Waals surface area contributed by atoms with E-state index in [0.29, 0.717) is 22.9 Å². The molecular weight excluding hydrogens is 512 g/mol. The van der Waals surface area contributed by atoms with E-state index in [2.05, 4.69) is 35.3 Å². The van der Waals surface area contributed by atoms with Crippen LogP contribution in [0.1, 0.15) is 105 Å². The third kappa shape index (κ3) is 10.4. The number of thiazole rings is 1. The van der Waals surface area contributed by atoms with Crippen molar-refractivity contribution >= 4 is 34.5 Å². The summed E-state index contributed by atoms with van der Waals surface area (Å²) in [4.78, 5) is 13.1. The largest absolute Gasteiger partial charge is 0.491 e. The summed E-state index contributed by atoms with van der Waals surface area (Å²) in [5, 5.41) is 6.81. The fraction of sp³-hybridized carbons (Fsp3) is 0.500. The highest BCUT2D eigenvalue weighted by Gasteiger charge is 2.16. The van der Waals surface area contributed by atoms with E-state index in [1.54, 1.807) is 29.5 Å². The van der Waals surface area contributed by atoms with Gasteiger partial charge in [-0.2, -0.15) is 4.57 Å². The number of hydrogen-bond acceptors (Lipinski definition) is 3. The molecule has 2 aromatic carbocycles. The van der Waals surface area contributed by atoms with Gasteiger partial charge in [0.25, 0.3) is 5.91 Å². The average Bonchev–Trinajstić information content (AvgIpc) is 3.32. The molecule has 0 unspecified atom stereocenters. The topological polar surface area (TPSA) is 42.2 Å². The molecule has 0 aliphatic heterocycles. The lowest BCUT2D eigenvalue weighted by atomic mass is 10.1. The van der Waals surface area contributed by atoms with Crippen molar-refractivity contribution in [1.29, 1.82) is 0 Å². The number of amides is 1. The number of nitrogens with one attached hydrogen (secondary N) is 1. The normalized spacial score (nSPS) is 11.0. The summed E-state index contributed by atoms with van der Waals surface area (Å²) in [6.45, 7) is 5.76. The number of benzene rings is 2. The number of para-hydroxylation sites is 1. The SMILES string of the molecule is CCCCCCCCCCCCCCOc1c(Cl)cccc1C(=O)Nc1ccc(C[n+]2ccsc2C)cc1. The highest BCUT2D eigenvalue weighted by atomic mass is 35.5. The number of carbonyl (C=O) groups excluding carboxylic acids is 1. The van der Waals surface area contributed by atoms with Crippen molar-refractivity contribution < 1.29 is 14.1 Å². The first-order valence-corrected chi connectivity index (χ1v) is 15.6. The summed E-state index contributed by atoms with van der Waals surface area (Å²) in [6, 6.07) is 13.3. The van der Waals surface area contributed by atoms with Crippen molar-refractivity contribution in [2.75, 3.05) is 11.9 Å². The predicted molar refractivity (Wildman–Crippen MR) is 161 cm³/mol. The fourth-order valence-corrected chi connectivity index (χ4v) is 5.47. The van der Waals surface area contributed by atoms with Gasteiger partial charge in [0.2, 0.25) is 5.01 Å². The number of hydrogen-bond donors (Lipinski definition) is 1. The molecule has 0 saturated heterocycles. The zero-order chi connectivity index (χ0) is 27.0. The van der Waals surface area contributed by atoms with E-state index >= 15 is 0 Å².